The van der Waals surface area contributed by atoms with Gasteiger partial charge >= 0.3 is 0 Å². The van der Waals surface area contributed by atoms with Gasteiger partial charge in [-0.3, -0.25) is 9.59 Å². The van der Waals surface area contributed by atoms with Crippen molar-refractivity contribution in [1.29, 1.82) is 0 Å². The van der Waals surface area contributed by atoms with Crippen molar-refractivity contribution in [3.8, 4) is 0 Å². The van der Waals surface area contributed by atoms with E-state index in [1.807, 2.05) is 0 Å². The number of nitrogens with two attached hydrogens (primary N) is 1. The number of hydrogen-bond donors (Lipinski definition) is 2. The van der Waals surface area contributed by atoms with E-state index in [1.54, 1.807) is 4.90 Å². The van der Waals surface area contributed by atoms with Crippen molar-refractivity contribution in [3.63, 3.8) is 0 Å². The summed E-state index contributed by atoms with van der Waals surface area (Å²) in [5.74, 6) is -0.190. The number of rotatable bonds is 5. The fraction of sp³-hybridized carbons (Fsp3) is 0.455. The molecule has 96 valence electrons. The van der Waals surface area contributed by atoms with Gasteiger partial charge in [-0.15, -0.1) is 0 Å². The van der Waals surface area contributed by atoms with E-state index >= 15 is 0 Å². The zero-order valence-corrected chi connectivity index (χ0v) is 10.6. The van der Waals surface area contributed by atoms with Crippen LogP contribution in [0.15, 0.2) is 16.9 Å². The molecule has 0 aromatic carbocycles. The maximum Gasteiger partial charge on any atom is 0.274 e. The van der Waals surface area contributed by atoms with Crippen LogP contribution in [0.1, 0.15) is 29.8 Å². The third-order valence-corrected chi connectivity index (χ3v) is 2.95. The molecule has 1 aliphatic carbocycles. The number of carbonyl (C=O) groups is 1. The Morgan fingerprint density at radius 1 is 1.56 bits per heavy atom. The summed E-state index contributed by atoms with van der Waals surface area (Å²) in [5.41, 5.74) is 5.36. The van der Waals surface area contributed by atoms with Crippen LogP contribution < -0.4 is 11.3 Å². The molecule has 7 heteroatoms. The molecule has 1 aliphatic rings. The summed E-state index contributed by atoms with van der Waals surface area (Å²) in [4.78, 5) is 25.2. The lowest BCUT2D eigenvalue weighted by atomic mass is 10.3. The standard InChI is InChI=1S/C11H14N4O2S/c12-9(18)5-6-15(7-1-2-7)11(17)8-3-4-10(16)14-13-8/h3-4,7H,1-2,5-6H2,(H2,12,18)(H,14,16). The minimum Gasteiger partial charge on any atom is -0.393 e. The lowest BCUT2D eigenvalue weighted by molar-refractivity contribution is 0.0741. The molecule has 0 unspecified atom stereocenters. The van der Waals surface area contributed by atoms with Gasteiger partial charge in [0, 0.05) is 25.1 Å². The minimum atomic E-state index is -0.326. The van der Waals surface area contributed by atoms with E-state index < -0.39 is 0 Å². The molecule has 0 atom stereocenters. The van der Waals surface area contributed by atoms with Crippen molar-refractivity contribution in [2.75, 3.05) is 6.54 Å². The van der Waals surface area contributed by atoms with E-state index in [1.165, 1.54) is 12.1 Å². The van der Waals surface area contributed by atoms with Crippen LogP contribution in [0.4, 0.5) is 0 Å². The first-order chi connectivity index (χ1) is 8.58. The van der Waals surface area contributed by atoms with Crippen molar-refractivity contribution in [3.05, 3.63) is 28.2 Å². The second-order valence-corrected chi connectivity index (χ2v) is 4.78. The average molecular weight is 266 g/mol. The fourth-order valence-corrected chi connectivity index (χ4v) is 1.77. The van der Waals surface area contributed by atoms with Crippen molar-refractivity contribution < 1.29 is 4.79 Å². The monoisotopic (exact) mass is 266 g/mol. The number of amides is 1. The van der Waals surface area contributed by atoms with Gasteiger partial charge in [0.25, 0.3) is 11.5 Å². The van der Waals surface area contributed by atoms with Gasteiger partial charge in [-0.25, -0.2) is 5.10 Å². The summed E-state index contributed by atoms with van der Waals surface area (Å²) < 4.78 is 0. The molecule has 0 spiro atoms. The number of nitrogens with zero attached hydrogens (tertiary/aromatic N) is 2. The van der Waals surface area contributed by atoms with Crippen LogP contribution in [-0.2, 0) is 0 Å². The molecule has 0 bridgehead atoms. The third-order valence-electron chi connectivity index (χ3n) is 2.75. The Balaban J connectivity index is 2.10. The highest BCUT2D eigenvalue weighted by atomic mass is 32.1. The second kappa shape index (κ2) is 5.26. The highest BCUT2D eigenvalue weighted by Gasteiger charge is 2.33. The van der Waals surface area contributed by atoms with E-state index in [0.29, 0.717) is 18.0 Å². The van der Waals surface area contributed by atoms with Gasteiger partial charge < -0.3 is 10.6 Å². The second-order valence-electron chi connectivity index (χ2n) is 4.25. The number of carbonyl (C=O) groups excluding carboxylic acids is 1. The first-order valence-electron chi connectivity index (χ1n) is 5.73. The molecule has 1 aromatic rings. The molecule has 1 aromatic heterocycles. The summed E-state index contributed by atoms with van der Waals surface area (Å²) in [6.45, 7) is 0.500. The molecule has 0 aliphatic heterocycles. The Bertz CT molecular complexity index is 504. The molecule has 18 heavy (non-hydrogen) atoms. The normalized spacial score (nSPS) is 14.2. The Morgan fingerprint density at radius 3 is 2.78 bits per heavy atom. The fourth-order valence-electron chi connectivity index (χ4n) is 1.68. The van der Waals surface area contributed by atoms with Gasteiger partial charge in [-0.1, -0.05) is 12.2 Å². The van der Waals surface area contributed by atoms with E-state index in [2.05, 4.69) is 10.2 Å². The van der Waals surface area contributed by atoms with E-state index in [0.717, 1.165) is 12.8 Å². The molecule has 2 rings (SSSR count). The molecule has 0 saturated heterocycles. The number of nitrogens with one attached hydrogen (secondary N) is 1. The zero-order chi connectivity index (χ0) is 13.1. The van der Waals surface area contributed by atoms with Crippen molar-refractivity contribution in [1.82, 2.24) is 15.1 Å². The van der Waals surface area contributed by atoms with Gasteiger partial charge in [-0.2, -0.15) is 5.10 Å². The predicted molar refractivity (Wildman–Crippen MR) is 70.3 cm³/mol. The maximum atomic E-state index is 12.2. The molecule has 1 amide bonds. The Hall–Kier alpha value is -1.76. The molecule has 1 heterocycles. The summed E-state index contributed by atoms with van der Waals surface area (Å²) >= 11 is 4.82. The van der Waals surface area contributed by atoms with Gasteiger partial charge in [0.2, 0.25) is 0 Å². The highest BCUT2D eigenvalue weighted by molar-refractivity contribution is 7.80. The number of H-pyrrole nitrogens is 1. The summed E-state index contributed by atoms with van der Waals surface area (Å²) in [6.07, 6.45) is 2.49. The molecule has 3 N–H and O–H groups in total. The molecule has 1 saturated carbocycles. The zero-order valence-electron chi connectivity index (χ0n) is 9.76. The van der Waals surface area contributed by atoms with Crippen LogP contribution in [0.2, 0.25) is 0 Å². The first-order valence-corrected chi connectivity index (χ1v) is 6.14. The minimum absolute atomic E-state index is 0.190. The van der Waals surface area contributed by atoms with Crippen LogP contribution in [0.5, 0.6) is 0 Å². The topological polar surface area (TPSA) is 92.1 Å². The van der Waals surface area contributed by atoms with Crippen LogP contribution in [0.25, 0.3) is 0 Å². The molecular weight excluding hydrogens is 252 g/mol. The van der Waals surface area contributed by atoms with Crippen molar-refractivity contribution in [2.45, 2.75) is 25.3 Å². The van der Waals surface area contributed by atoms with E-state index in [4.69, 9.17) is 18.0 Å². The van der Waals surface area contributed by atoms with Gasteiger partial charge in [-0.05, 0) is 18.9 Å². The summed E-state index contributed by atoms with van der Waals surface area (Å²) in [7, 11) is 0. The van der Waals surface area contributed by atoms with Crippen LogP contribution >= 0.6 is 12.2 Å². The third kappa shape index (κ3) is 3.13. The smallest absolute Gasteiger partial charge is 0.274 e. The van der Waals surface area contributed by atoms with Crippen LogP contribution in [0, 0.1) is 0 Å². The predicted octanol–water partition coefficient (Wildman–Crippen LogP) is 0.0507. The number of aromatic nitrogens is 2. The molecule has 0 radical (unpaired) electrons. The lowest BCUT2D eigenvalue weighted by Crippen LogP contribution is -2.36. The number of hydrogen-bond acceptors (Lipinski definition) is 4. The lowest BCUT2D eigenvalue weighted by Gasteiger charge is -2.21. The molecular formula is C11H14N4O2S. The van der Waals surface area contributed by atoms with Crippen molar-refractivity contribution in [2.24, 2.45) is 5.73 Å². The highest BCUT2D eigenvalue weighted by Crippen LogP contribution is 2.27. The largest absolute Gasteiger partial charge is 0.393 e. The van der Waals surface area contributed by atoms with Crippen molar-refractivity contribution >= 4 is 23.1 Å². The first kappa shape index (κ1) is 12.7. The number of aromatic amines is 1. The molecule has 1 fully saturated rings. The van der Waals surface area contributed by atoms with Gasteiger partial charge in [0.1, 0.15) is 5.69 Å². The van der Waals surface area contributed by atoms with Gasteiger partial charge in [0.15, 0.2) is 0 Å². The van der Waals surface area contributed by atoms with E-state index in [9.17, 15) is 9.59 Å². The SMILES string of the molecule is NC(=S)CCN(C(=O)c1ccc(=O)[nH]n1)C1CC1. The summed E-state index contributed by atoms with van der Waals surface area (Å²) in [5, 5.41) is 6.00. The summed E-state index contributed by atoms with van der Waals surface area (Å²) in [6, 6.07) is 2.97. The Kier molecular flexibility index (Phi) is 3.71. The molecule has 6 nitrogen and oxygen atoms in total. The Morgan fingerprint density at radius 2 is 2.28 bits per heavy atom. The number of thiocarbonyl (C=S) groups is 1. The maximum absolute atomic E-state index is 12.2. The average Bonchev–Trinajstić information content (AvgIpc) is 3.14. The Labute approximate surface area is 109 Å². The van der Waals surface area contributed by atoms with Gasteiger partial charge in [0.05, 0.1) is 4.99 Å². The quantitative estimate of drug-likeness (QED) is 0.735. The van der Waals surface area contributed by atoms with Crippen LogP contribution in [-0.4, -0.2) is 38.6 Å². The van der Waals surface area contributed by atoms with E-state index in [-0.39, 0.29) is 23.2 Å². The van der Waals surface area contributed by atoms with Crippen LogP contribution in [0.3, 0.4) is 0 Å².